The van der Waals surface area contributed by atoms with Crippen LogP contribution in [0.25, 0.3) is 0 Å². The maximum absolute atomic E-state index is 12.1. The van der Waals surface area contributed by atoms with Crippen LogP contribution in [-0.4, -0.2) is 34.9 Å². The van der Waals surface area contributed by atoms with E-state index < -0.39 is 0 Å². The molecule has 1 atom stereocenters. The Labute approximate surface area is 102 Å². The summed E-state index contributed by atoms with van der Waals surface area (Å²) in [6.45, 7) is 3.71. The molecule has 0 aromatic heterocycles. The Kier molecular flexibility index (Phi) is 3.79. The zero-order chi connectivity index (χ0) is 12.3. The van der Waals surface area contributed by atoms with Crippen molar-refractivity contribution in [2.45, 2.75) is 32.2 Å². The Hall–Kier alpha value is -1.35. The summed E-state index contributed by atoms with van der Waals surface area (Å²) in [7, 11) is 0. The summed E-state index contributed by atoms with van der Waals surface area (Å²) in [5.74, 6) is 0.347. The number of hydrogen-bond donors (Lipinski definition) is 1. The number of likely N-dealkylation sites (tertiary alicyclic amines) is 1. The minimum Gasteiger partial charge on any atom is -0.508 e. The van der Waals surface area contributed by atoms with Crippen molar-refractivity contribution in [2.75, 3.05) is 13.1 Å². The zero-order valence-corrected chi connectivity index (χ0v) is 10.2. The van der Waals surface area contributed by atoms with Gasteiger partial charge in [-0.25, -0.2) is 0 Å². The molecule has 1 aliphatic heterocycles. The van der Waals surface area contributed by atoms with Crippen molar-refractivity contribution in [3.8, 4) is 5.75 Å². The second kappa shape index (κ2) is 5.32. The van der Waals surface area contributed by atoms with Crippen LogP contribution in [0.5, 0.6) is 5.75 Å². The molecule has 92 valence electrons. The second-order valence-corrected chi connectivity index (χ2v) is 4.64. The highest BCUT2D eigenvalue weighted by Crippen LogP contribution is 2.20. The number of phenols is 1. The maximum atomic E-state index is 12.1. The van der Waals surface area contributed by atoms with E-state index in [2.05, 4.69) is 11.8 Å². The second-order valence-electron chi connectivity index (χ2n) is 4.64. The van der Waals surface area contributed by atoms with Gasteiger partial charge in [0, 0.05) is 11.6 Å². The van der Waals surface area contributed by atoms with E-state index in [1.807, 2.05) is 0 Å². The van der Waals surface area contributed by atoms with Crippen molar-refractivity contribution in [3.63, 3.8) is 0 Å². The first-order valence-electron chi connectivity index (χ1n) is 6.27. The Morgan fingerprint density at radius 2 is 2.12 bits per heavy atom. The van der Waals surface area contributed by atoms with E-state index in [-0.39, 0.29) is 11.5 Å². The fraction of sp³-hybridized carbons (Fsp3) is 0.500. The number of benzene rings is 1. The number of nitrogens with zero attached hydrogens (tertiary/aromatic N) is 1. The van der Waals surface area contributed by atoms with Crippen LogP contribution in [0.1, 0.15) is 36.5 Å². The van der Waals surface area contributed by atoms with Crippen molar-refractivity contribution >= 4 is 5.78 Å². The lowest BCUT2D eigenvalue weighted by Gasteiger charge is -2.22. The minimum absolute atomic E-state index is 0.144. The molecule has 3 heteroatoms. The number of Topliss-reactive ketones (excluding diaryl/α,β-unsaturated/α-hetero) is 1. The van der Waals surface area contributed by atoms with Crippen molar-refractivity contribution in [1.82, 2.24) is 4.90 Å². The van der Waals surface area contributed by atoms with E-state index in [4.69, 9.17) is 0 Å². The fourth-order valence-electron chi connectivity index (χ4n) is 2.49. The zero-order valence-electron chi connectivity index (χ0n) is 10.2. The lowest BCUT2D eigenvalue weighted by atomic mass is 10.1. The molecule has 1 aliphatic rings. The van der Waals surface area contributed by atoms with E-state index >= 15 is 0 Å². The van der Waals surface area contributed by atoms with Gasteiger partial charge < -0.3 is 5.11 Å². The maximum Gasteiger partial charge on any atom is 0.176 e. The van der Waals surface area contributed by atoms with Gasteiger partial charge in [0.15, 0.2) is 5.78 Å². The molecule has 0 radical (unpaired) electrons. The monoisotopic (exact) mass is 233 g/mol. The van der Waals surface area contributed by atoms with Gasteiger partial charge >= 0.3 is 0 Å². The number of carbonyl (C=O) groups is 1. The quantitative estimate of drug-likeness (QED) is 0.812. The van der Waals surface area contributed by atoms with Crippen molar-refractivity contribution < 1.29 is 9.90 Å². The highest BCUT2D eigenvalue weighted by atomic mass is 16.3. The Morgan fingerprint density at radius 1 is 1.41 bits per heavy atom. The van der Waals surface area contributed by atoms with Crippen LogP contribution in [0.3, 0.4) is 0 Å². The molecule has 2 rings (SSSR count). The van der Waals surface area contributed by atoms with Crippen LogP contribution < -0.4 is 0 Å². The summed E-state index contributed by atoms with van der Waals surface area (Å²) >= 11 is 0. The van der Waals surface area contributed by atoms with E-state index in [9.17, 15) is 9.90 Å². The lowest BCUT2D eigenvalue weighted by molar-refractivity contribution is 0.0920. The smallest absolute Gasteiger partial charge is 0.176 e. The molecule has 0 spiro atoms. The summed E-state index contributed by atoms with van der Waals surface area (Å²) in [6, 6.07) is 7.07. The van der Waals surface area contributed by atoms with Gasteiger partial charge in [-0.15, -0.1) is 0 Å². The molecule has 0 saturated carbocycles. The summed E-state index contributed by atoms with van der Waals surface area (Å²) in [5.41, 5.74) is 0.685. The largest absolute Gasteiger partial charge is 0.508 e. The summed E-state index contributed by atoms with van der Waals surface area (Å²) in [5, 5.41) is 9.18. The van der Waals surface area contributed by atoms with Gasteiger partial charge in [-0.1, -0.05) is 6.92 Å². The predicted molar refractivity (Wildman–Crippen MR) is 67.3 cm³/mol. The van der Waals surface area contributed by atoms with Gasteiger partial charge in [-0.05, 0) is 50.1 Å². The molecule has 1 aromatic carbocycles. The van der Waals surface area contributed by atoms with Crippen LogP contribution in [0.15, 0.2) is 24.3 Å². The Balaban J connectivity index is 1.99. The Bertz CT molecular complexity index is 386. The molecule has 0 amide bonds. The van der Waals surface area contributed by atoms with E-state index in [1.165, 1.54) is 12.8 Å². The number of rotatable bonds is 4. The fourth-order valence-corrected chi connectivity index (χ4v) is 2.49. The van der Waals surface area contributed by atoms with Crippen molar-refractivity contribution in [1.29, 1.82) is 0 Å². The van der Waals surface area contributed by atoms with Crippen molar-refractivity contribution in [2.24, 2.45) is 0 Å². The number of carbonyl (C=O) groups excluding carboxylic acids is 1. The van der Waals surface area contributed by atoms with Crippen LogP contribution >= 0.6 is 0 Å². The predicted octanol–water partition coefficient (Wildman–Crippen LogP) is 2.45. The molecule has 1 saturated heterocycles. The van der Waals surface area contributed by atoms with Crippen molar-refractivity contribution in [3.05, 3.63) is 29.8 Å². The average molecular weight is 233 g/mol. The summed E-state index contributed by atoms with van der Waals surface area (Å²) < 4.78 is 0. The van der Waals surface area contributed by atoms with Crippen LogP contribution in [0.4, 0.5) is 0 Å². The van der Waals surface area contributed by atoms with E-state index in [1.54, 1.807) is 24.3 Å². The van der Waals surface area contributed by atoms with E-state index in [0.717, 1.165) is 13.0 Å². The SMILES string of the molecule is CCC1CCCN1CC(=O)c1ccc(O)cc1. The standard InChI is InChI=1S/C14H19NO2/c1-2-12-4-3-9-15(12)10-14(17)11-5-7-13(16)8-6-11/h5-8,12,16H,2-4,9-10H2,1H3. The minimum atomic E-state index is 0.144. The van der Waals surface area contributed by atoms with Crippen LogP contribution in [0, 0.1) is 0 Å². The molecule has 1 N–H and O–H groups in total. The molecule has 0 bridgehead atoms. The molecular formula is C14H19NO2. The van der Waals surface area contributed by atoms with Crippen LogP contribution in [-0.2, 0) is 0 Å². The number of phenolic OH excluding ortho intramolecular Hbond substituents is 1. The average Bonchev–Trinajstić information content (AvgIpc) is 2.77. The Morgan fingerprint density at radius 3 is 2.76 bits per heavy atom. The van der Waals surface area contributed by atoms with Gasteiger partial charge in [0.1, 0.15) is 5.75 Å². The van der Waals surface area contributed by atoms with Gasteiger partial charge in [0.2, 0.25) is 0 Å². The molecule has 3 nitrogen and oxygen atoms in total. The number of ketones is 1. The molecule has 17 heavy (non-hydrogen) atoms. The van der Waals surface area contributed by atoms with Crippen LogP contribution in [0.2, 0.25) is 0 Å². The van der Waals surface area contributed by atoms with Gasteiger partial charge in [-0.2, -0.15) is 0 Å². The first kappa shape index (κ1) is 12.1. The first-order valence-corrected chi connectivity index (χ1v) is 6.27. The summed E-state index contributed by atoms with van der Waals surface area (Å²) in [6.07, 6.45) is 3.52. The first-order chi connectivity index (χ1) is 8.20. The lowest BCUT2D eigenvalue weighted by Crippen LogP contribution is -2.33. The highest BCUT2D eigenvalue weighted by Gasteiger charge is 2.24. The van der Waals surface area contributed by atoms with Gasteiger partial charge in [-0.3, -0.25) is 9.69 Å². The van der Waals surface area contributed by atoms with Gasteiger partial charge in [0.25, 0.3) is 0 Å². The third-order valence-electron chi connectivity index (χ3n) is 3.51. The normalized spacial score (nSPS) is 20.6. The molecule has 1 heterocycles. The molecule has 1 fully saturated rings. The molecule has 0 aliphatic carbocycles. The topological polar surface area (TPSA) is 40.5 Å². The third kappa shape index (κ3) is 2.86. The van der Waals surface area contributed by atoms with Gasteiger partial charge in [0.05, 0.1) is 6.54 Å². The number of hydrogen-bond acceptors (Lipinski definition) is 3. The summed E-state index contributed by atoms with van der Waals surface area (Å²) in [4.78, 5) is 14.3. The molecule has 1 unspecified atom stereocenters. The molecular weight excluding hydrogens is 214 g/mol. The highest BCUT2D eigenvalue weighted by molar-refractivity contribution is 5.97. The third-order valence-corrected chi connectivity index (χ3v) is 3.51. The number of aromatic hydroxyl groups is 1. The molecule has 1 aromatic rings. The van der Waals surface area contributed by atoms with E-state index in [0.29, 0.717) is 18.2 Å².